The van der Waals surface area contributed by atoms with E-state index < -0.39 is 0 Å². The molecule has 0 fully saturated rings. The second kappa shape index (κ2) is 6.33. The first-order chi connectivity index (χ1) is 9.20. The first kappa shape index (κ1) is 13.5. The van der Waals surface area contributed by atoms with Gasteiger partial charge in [-0.25, -0.2) is 4.98 Å². The summed E-state index contributed by atoms with van der Waals surface area (Å²) in [6, 6.07) is 5.44. The molecule has 0 radical (unpaired) electrons. The van der Waals surface area contributed by atoms with Gasteiger partial charge in [-0.3, -0.25) is 4.79 Å². The van der Waals surface area contributed by atoms with Crippen LogP contribution in [0.15, 0.2) is 22.6 Å². The Kier molecular flexibility index (Phi) is 4.52. The van der Waals surface area contributed by atoms with Gasteiger partial charge in [0.15, 0.2) is 11.5 Å². The normalized spacial score (nSPS) is 10.8. The molecule has 0 bridgehead atoms. The van der Waals surface area contributed by atoms with E-state index in [-0.39, 0.29) is 12.5 Å². The van der Waals surface area contributed by atoms with Gasteiger partial charge < -0.3 is 14.5 Å². The van der Waals surface area contributed by atoms with Crippen molar-refractivity contribution in [3.05, 3.63) is 24.1 Å². The summed E-state index contributed by atoms with van der Waals surface area (Å²) in [5.74, 6) is 0.403. The molecule has 1 aromatic carbocycles. The molecule has 0 unspecified atom stereocenters. The van der Waals surface area contributed by atoms with Crippen LogP contribution in [0, 0.1) is 6.92 Å². The van der Waals surface area contributed by atoms with Crippen LogP contribution >= 0.6 is 0 Å². The molecule has 0 aliphatic heterocycles. The minimum Gasteiger partial charge on any atom is -0.441 e. The first-order valence-electron chi connectivity index (χ1n) is 6.44. The third-order valence-electron chi connectivity index (χ3n) is 2.68. The maximum absolute atomic E-state index is 11.7. The lowest BCUT2D eigenvalue weighted by molar-refractivity contribution is -0.120. The fourth-order valence-corrected chi connectivity index (χ4v) is 1.76. The molecule has 1 amide bonds. The summed E-state index contributed by atoms with van der Waals surface area (Å²) < 4.78 is 10.7. The maximum Gasteiger partial charge on any atom is 0.250 e. The lowest BCUT2D eigenvalue weighted by Crippen LogP contribution is -2.18. The highest BCUT2D eigenvalue weighted by Crippen LogP contribution is 2.23. The van der Waals surface area contributed by atoms with E-state index in [1.54, 1.807) is 13.0 Å². The Hall–Kier alpha value is -1.88. The van der Waals surface area contributed by atoms with Gasteiger partial charge in [0.1, 0.15) is 12.1 Å². The number of para-hydroxylation sites is 1. The lowest BCUT2D eigenvalue weighted by Gasteiger charge is -2.06. The predicted molar refractivity (Wildman–Crippen MR) is 73.1 cm³/mol. The zero-order valence-corrected chi connectivity index (χ0v) is 11.2. The van der Waals surface area contributed by atoms with Crippen molar-refractivity contribution in [3.63, 3.8) is 0 Å². The number of carbonyl (C=O) groups is 1. The highest BCUT2D eigenvalue weighted by molar-refractivity contribution is 5.99. The number of oxazole rings is 1. The fourth-order valence-electron chi connectivity index (χ4n) is 1.76. The van der Waals surface area contributed by atoms with Crippen molar-refractivity contribution in [1.82, 2.24) is 4.98 Å². The van der Waals surface area contributed by atoms with Gasteiger partial charge in [0, 0.05) is 13.5 Å². The average Bonchev–Trinajstić information content (AvgIpc) is 2.76. The summed E-state index contributed by atoms with van der Waals surface area (Å²) in [5, 5.41) is 2.79. The van der Waals surface area contributed by atoms with E-state index in [0.717, 1.165) is 12.8 Å². The van der Waals surface area contributed by atoms with Gasteiger partial charge in [0.2, 0.25) is 5.91 Å². The van der Waals surface area contributed by atoms with E-state index in [1.165, 1.54) is 0 Å². The number of benzene rings is 1. The smallest absolute Gasteiger partial charge is 0.250 e. The number of hydrogen-bond donors (Lipinski definition) is 1. The van der Waals surface area contributed by atoms with Crippen molar-refractivity contribution in [2.75, 3.05) is 18.5 Å². The predicted octanol–water partition coefficient (Wildman–Crippen LogP) is 2.89. The van der Waals surface area contributed by atoms with E-state index >= 15 is 0 Å². The number of hydrogen-bond acceptors (Lipinski definition) is 4. The second-order valence-electron chi connectivity index (χ2n) is 4.34. The SMILES string of the molecule is CCCCOCC(=O)Nc1cccc2oc(C)nc12. The van der Waals surface area contributed by atoms with Gasteiger partial charge in [-0.05, 0) is 18.6 Å². The van der Waals surface area contributed by atoms with Crippen molar-refractivity contribution in [2.45, 2.75) is 26.7 Å². The standard InChI is InChI=1S/C14H18N2O3/c1-3-4-8-18-9-13(17)16-11-6-5-7-12-14(11)15-10(2)19-12/h5-7H,3-4,8-9H2,1-2H3,(H,16,17). The third-order valence-corrected chi connectivity index (χ3v) is 2.68. The summed E-state index contributed by atoms with van der Waals surface area (Å²) in [6.07, 6.45) is 2.02. The highest BCUT2D eigenvalue weighted by Gasteiger charge is 2.10. The maximum atomic E-state index is 11.7. The van der Waals surface area contributed by atoms with Crippen molar-refractivity contribution < 1.29 is 13.9 Å². The molecule has 1 heterocycles. The van der Waals surface area contributed by atoms with E-state index in [4.69, 9.17) is 9.15 Å². The van der Waals surface area contributed by atoms with Crippen molar-refractivity contribution >= 4 is 22.7 Å². The highest BCUT2D eigenvalue weighted by atomic mass is 16.5. The number of carbonyl (C=O) groups excluding carboxylic acids is 1. The zero-order chi connectivity index (χ0) is 13.7. The number of unbranched alkanes of at least 4 members (excludes halogenated alkanes) is 1. The van der Waals surface area contributed by atoms with Gasteiger partial charge in [0.25, 0.3) is 0 Å². The molecular formula is C14H18N2O3. The van der Waals surface area contributed by atoms with Gasteiger partial charge in [-0.15, -0.1) is 0 Å². The third kappa shape index (κ3) is 3.54. The van der Waals surface area contributed by atoms with Gasteiger partial charge in [-0.1, -0.05) is 19.4 Å². The number of fused-ring (bicyclic) bond motifs is 1. The molecule has 0 spiro atoms. The van der Waals surface area contributed by atoms with Crippen LogP contribution in [0.3, 0.4) is 0 Å². The number of aromatic nitrogens is 1. The Morgan fingerprint density at radius 3 is 3.11 bits per heavy atom. The van der Waals surface area contributed by atoms with Crippen molar-refractivity contribution in [1.29, 1.82) is 0 Å². The number of nitrogens with one attached hydrogen (secondary N) is 1. The van der Waals surface area contributed by atoms with Crippen LogP contribution < -0.4 is 5.32 Å². The molecule has 102 valence electrons. The van der Waals surface area contributed by atoms with Crippen molar-refractivity contribution in [2.24, 2.45) is 0 Å². The largest absolute Gasteiger partial charge is 0.441 e. The van der Waals surface area contributed by atoms with Crippen LogP contribution in [-0.4, -0.2) is 24.1 Å². The second-order valence-corrected chi connectivity index (χ2v) is 4.34. The molecule has 0 atom stereocenters. The summed E-state index contributed by atoms with van der Waals surface area (Å²) in [7, 11) is 0. The van der Waals surface area contributed by atoms with Gasteiger partial charge in [0.05, 0.1) is 5.69 Å². The zero-order valence-electron chi connectivity index (χ0n) is 11.2. The molecule has 5 heteroatoms. The van der Waals surface area contributed by atoms with Gasteiger partial charge in [-0.2, -0.15) is 0 Å². The summed E-state index contributed by atoms with van der Waals surface area (Å²) >= 11 is 0. The topological polar surface area (TPSA) is 64.4 Å². The molecule has 0 saturated heterocycles. The molecule has 19 heavy (non-hydrogen) atoms. The summed E-state index contributed by atoms with van der Waals surface area (Å²) in [6.45, 7) is 4.53. The molecule has 1 aromatic heterocycles. The van der Waals surface area contributed by atoms with Crippen molar-refractivity contribution in [3.8, 4) is 0 Å². The Labute approximate surface area is 112 Å². The van der Waals surface area contributed by atoms with Crippen LogP contribution in [0.1, 0.15) is 25.7 Å². The summed E-state index contributed by atoms with van der Waals surface area (Å²) in [4.78, 5) is 16.0. The Bertz CT molecular complexity index is 563. The van der Waals surface area contributed by atoms with Crippen LogP contribution in [0.2, 0.25) is 0 Å². The average molecular weight is 262 g/mol. The molecule has 1 N–H and O–H groups in total. The Balaban J connectivity index is 1.98. The summed E-state index contributed by atoms with van der Waals surface area (Å²) in [5.41, 5.74) is 1.99. The molecule has 0 saturated carbocycles. The molecular weight excluding hydrogens is 244 g/mol. The molecule has 2 aromatic rings. The van der Waals surface area contributed by atoms with E-state index in [2.05, 4.69) is 17.2 Å². The molecule has 5 nitrogen and oxygen atoms in total. The number of nitrogens with zero attached hydrogens (tertiary/aromatic N) is 1. The molecule has 0 aliphatic rings. The van der Waals surface area contributed by atoms with Crippen LogP contribution in [0.5, 0.6) is 0 Å². The van der Waals surface area contributed by atoms with Crippen LogP contribution in [-0.2, 0) is 9.53 Å². The number of anilines is 1. The number of aryl methyl sites for hydroxylation is 1. The van der Waals surface area contributed by atoms with Gasteiger partial charge >= 0.3 is 0 Å². The fraction of sp³-hybridized carbons (Fsp3) is 0.429. The Morgan fingerprint density at radius 1 is 1.47 bits per heavy atom. The van der Waals surface area contributed by atoms with E-state index in [9.17, 15) is 4.79 Å². The quantitative estimate of drug-likeness (QED) is 0.813. The molecule has 0 aliphatic carbocycles. The minimum atomic E-state index is -0.177. The number of ether oxygens (including phenoxy) is 1. The number of amides is 1. The lowest BCUT2D eigenvalue weighted by atomic mass is 10.3. The van der Waals surface area contributed by atoms with E-state index in [1.807, 2.05) is 12.1 Å². The first-order valence-corrected chi connectivity index (χ1v) is 6.44. The molecule has 2 rings (SSSR count). The minimum absolute atomic E-state index is 0.0627. The van der Waals surface area contributed by atoms with Crippen LogP contribution in [0.25, 0.3) is 11.1 Å². The number of rotatable bonds is 6. The monoisotopic (exact) mass is 262 g/mol. The Morgan fingerprint density at radius 2 is 2.32 bits per heavy atom. The van der Waals surface area contributed by atoms with E-state index in [0.29, 0.717) is 29.3 Å². The van der Waals surface area contributed by atoms with Crippen LogP contribution in [0.4, 0.5) is 5.69 Å².